The SMILES string of the molecule is Brc1ccccc1-c1ccc(-c2ccccc2)c2oc3ccccc3c12. The Labute approximate surface area is 160 Å². The molecule has 0 saturated carbocycles. The fourth-order valence-corrected chi connectivity index (χ4v) is 4.08. The van der Waals surface area contributed by atoms with Crippen LogP contribution in [-0.2, 0) is 0 Å². The Kier molecular flexibility index (Phi) is 3.65. The monoisotopic (exact) mass is 398 g/mol. The van der Waals surface area contributed by atoms with Gasteiger partial charge < -0.3 is 4.42 Å². The van der Waals surface area contributed by atoms with E-state index in [9.17, 15) is 0 Å². The van der Waals surface area contributed by atoms with E-state index in [4.69, 9.17) is 4.42 Å². The summed E-state index contributed by atoms with van der Waals surface area (Å²) in [7, 11) is 0. The van der Waals surface area contributed by atoms with E-state index in [2.05, 4.69) is 82.7 Å². The summed E-state index contributed by atoms with van der Waals surface area (Å²) in [5, 5.41) is 2.31. The van der Waals surface area contributed by atoms with E-state index in [-0.39, 0.29) is 0 Å². The lowest BCUT2D eigenvalue weighted by atomic mass is 9.95. The van der Waals surface area contributed by atoms with E-state index in [0.717, 1.165) is 37.5 Å². The number of hydrogen-bond acceptors (Lipinski definition) is 1. The molecule has 0 N–H and O–H groups in total. The van der Waals surface area contributed by atoms with Gasteiger partial charge in [0.15, 0.2) is 0 Å². The highest BCUT2D eigenvalue weighted by molar-refractivity contribution is 9.10. The molecule has 0 radical (unpaired) electrons. The minimum Gasteiger partial charge on any atom is -0.455 e. The Morgan fingerprint density at radius 1 is 0.577 bits per heavy atom. The van der Waals surface area contributed by atoms with Crippen LogP contribution in [0, 0.1) is 0 Å². The van der Waals surface area contributed by atoms with Crippen molar-refractivity contribution in [2.45, 2.75) is 0 Å². The van der Waals surface area contributed by atoms with Crippen molar-refractivity contribution >= 4 is 37.9 Å². The molecule has 1 nitrogen and oxygen atoms in total. The highest BCUT2D eigenvalue weighted by Gasteiger charge is 2.17. The first-order valence-electron chi connectivity index (χ1n) is 8.57. The minimum atomic E-state index is 0.916. The first-order valence-corrected chi connectivity index (χ1v) is 9.37. The van der Waals surface area contributed by atoms with Crippen molar-refractivity contribution in [3.05, 3.63) is 95.5 Å². The molecule has 0 atom stereocenters. The number of hydrogen-bond donors (Lipinski definition) is 0. The lowest BCUT2D eigenvalue weighted by Gasteiger charge is -2.09. The molecule has 1 heterocycles. The van der Waals surface area contributed by atoms with Crippen LogP contribution in [0.15, 0.2) is 99.9 Å². The predicted molar refractivity (Wildman–Crippen MR) is 112 cm³/mol. The average molecular weight is 399 g/mol. The number of benzene rings is 4. The summed E-state index contributed by atoms with van der Waals surface area (Å²) < 4.78 is 7.41. The Balaban J connectivity index is 1.93. The van der Waals surface area contributed by atoms with Crippen LogP contribution < -0.4 is 0 Å². The molecule has 26 heavy (non-hydrogen) atoms. The van der Waals surface area contributed by atoms with Crippen molar-refractivity contribution in [1.82, 2.24) is 0 Å². The molecule has 0 amide bonds. The van der Waals surface area contributed by atoms with Gasteiger partial charge in [-0.2, -0.15) is 0 Å². The van der Waals surface area contributed by atoms with Gasteiger partial charge in [-0.3, -0.25) is 0 Å². The van der Waals surface area contributed by atoms with Crippen molar-refractivity contribution in [2.75, 3.05) is 0 Å². The number of fused-ring (bicyclic) bond motifs is 3. The quantitative estimate of drug-likeness (QED) is 0.297. The lowest BCUT2D eigenvalue weighted by molar-refractivity contribution is 0.670. The Bertz CT molecular complexity index is 1240. The molecule has 0 aliphatic heterocycles. The molecule has 0 aliphatic rings. The second-order valence-corrected chi connectivity index (χ2v) is 7.16. The zero-order chi connectivity index (χ0) is 17.5. The van der Waals surface area contributed by atoms with Gasteiger partial charge in [0.2, 0.25) is 0 Å². The van der Waals surface area contributed by atoms with Gasteiger partial charge >= 0.3 is 0 Å². The molecule has 0 unspecified atom stereocenters. The van der Waals surface area contributed by atoms with E-state index in [1.54, 1.807) is 0 Å². The van der Waals surface area contributed by atoms with Crippen LogP contribution in [0.1, 0.15) is 0 Å². The third kappa shape index (κ3) is 2.38. The fraction of sp³-hybridized carbons (Fsp3) is 0. The molecule has 124 valence electrons. The van der Waals surface area contributed by atoms with Crippen LogP contribution in [0.4, 0.5) is 0 Å². The summed E-state index contributed by atoms with van der Waals surface area (Å²) in [6.45, 7) is 0. The van der Waals surface area contributed by atoms with E-state index >= 15 is 0 Å². The first kappa shape index (κ1) is 15.4. The third-order valence-electron chi connectivity index (χ3n) is 4.77. The largest absolute Gasteiger partial charge is 0.455 e. The molecule has 0 aliphatic carbocycles. The van der Waals surface area contributed by atoms with Gasteiger partial charge in [0.1, 0.15) is 11.2 Å². The van der Waals surface area contributed by atoms with E-state index < -0.39 is 0 Å². The van der Waals surface area contributed by atoms with E-state index in [0.29, 0.717) is 0 Å². The first-order chi connectivity index (χ1) is 12.8. The molecule has 5 aromatic rings. The van der Waals surface area contributed by atoms with E-state index in [1.165, 1.54) is 11.1 Å². The molecule has 4 aromatic carbocycles. The van der Waals surface area contributed by atoms with Crippen LogP contribution in [-0.4, -0.2) is 0 Å². The van der Waals surface area contributed by atoms with Gasteiger partial charge in [-0.05, 0) is 34.9 Å². The number of para-hydroxylation sites is 1. The summed E-state index contributed by atoms with van der Waals surface area (Å²) in [6.07, 6.45) is 0. The maximum absolute atomic E-state index is 6.32. The van der Waals surface area contributed by atoms with Crippen molar-refractivity contribution in [1.29, 1.82) is 0 Å². The molecular formula is C24H15BrO. The molecule has 2 heteroatoms. The zero-order valence-corrected chi connectivity index (χ0v) is 15.5. The van der Waals surface area contributed by atoms with Gasteiger partial charge in [0.05, 0.1) is 0 Å². The second-order valence-electron chi connectivity index (χ2n) is 6.31. The Morgan fingerprint density at radius 3 is 2.12 bits per heavy atom. The highest BCUT2D eigenvalue weighted by Crippen LogP contribution is 2.43. The summed E-state index contributed by atoms with van der Waals surface area (Å²) in [4.78, 5) is 0. The van der Waals surface area contributed by atoms with Crippen molar-refractivity contribution < 1.29 is 4.42 Å². The molecule has 0 fully saturated rings. The second kappa shape index (κ2) is 6.15. The lowest BCUT2D eigenvalue weighted by Crippen LogP contribution is -1.84. The van der Waals surface area contributed by atoms with Gasteiger partial charge in [-0.25, -0.2) is 0 Å². The number of furan rings is 1. The van der Waals surface area contributed by atoms with Gasteiger partial charge in [-0.1, -0.05) is 88.7 Å². The van der Waals surface area contributed by atoms with Crippen LogP contribution in [0.5, 0.6) is 0 Å². The molecule has 5 rings (SSSR count). The molecule has 0 spiro atoms. The smallest absolute Gasteiger partial charge is 0.143 e. The van der Waals surface area contributed by atoms with Gasteiger partial charge in [0, 0.05) is 20.8 Å². The summed E-state index contributed by atoms with van der Waals surface area (Å²) >= 11 is 3.70. The molecule has 0 saturated heterocycles. The summed E-state index contributed by atoms with van der Waals surface area (Å²) in [5.41, 5.74) is 6.48. The molecule has 0 bridgehead atoms. The van der Waals surface area contributed by atoms with Crippen molar-refractivity contribution in [3.8, 4) is 22.3 Å². The minimum absolute atomic E-state index is 0.916. The Morgan fingerprint density at radius 2 is 1.27 bits per heavy atom. The Hall–Kier alpha value is -2.84. The molecule has 1 aromatic heterocycles. The maximum atomic E-state index is 6.32. The normalized spacial score (nSPS) is 11.3. The van der Waals surface area contributed by atoms with Crippen LogP contribution in [0.2, 0.25) is 0 Å². The topological polar surface area (TPSA) is 13.1 Å². The van der Waals surface area contributed by atoms with E-state index in [1.807, 2.05) is 24.3 Å². The van der Waals surface area contributed by atoms with Gasteiger partial charge in [0.25, 0.3) is 0 Å². The highest BCUT2D eigenvalue weighted by atomic mass is 79.9. The maximum Gasteiger partial charge on any atom is 0.143 e. The number of rotatable bonds is 2. The summed E-state index contributed by atoms with van der Waals surface area (Å²) in [5.74, 6) is 0. The van der Waals surface area contributed by atoms with Gasteiger partial charge in [-0.15, -0.1) is 0 Å². The van der Waals surface area contributed by atoms with Crippen LogP contribution in [0.3, 0.4) is 0 Å². The number of halogens is 1. The molecular weight excluding hydrogens is 384 g/mol. The fourth-order valence-electron chi connectivity index (χ4n) is 3.58. The van der Waals surface area contributed by atoms with Crippen LogP contribution >= 0.6 is 15.9 Å². The van der Waals surface area contributed by atoms with Crippen molar-refractivity contribution in [3.63, 3.8) is 0 Å². The summed E-state index contributed by atoms with van der Waals surface area (Å²) in [6, 6.07) is 31.4. The average Bonchev–Trinajstić information content (AvgIpc) is 3.08. The zero-order valence-electron chi connectivity index (χ0n) is 13.9. The predicted octanol–water partition coefficient (Wildman–Crippen LogP) is 7.68. The van der Waals surface area contributed by atoms with Crippen LogP contribution in [0.25, 0.3) is 44.2 Å². The van der Waals surface area contributed by atoms with Crippen molar-refractivity contribution in [2.24, 2.45) is 0 Å². The third-order valence-corrected chi connectivity index (χ3v) is 5.47. The standard InChI is InChI=1S/C24H15BrO/c25-21-12-6-4-10-18(21)19-15-14-17(16-8-2-1-3-9-16)24-23(19)20-11-5-7-13-22(20)26-24/h1-15H.